The van der Waals surface area contributed by atoms with Crippen molar-refractivity contribution in [1.82, 2.24) is 0 Å². The summed E-state index contributed by atoms with van der Waals surface area (Å²) in [5.74, 6) is 0.693. The van der Waals surface area contributed by atoms with E-state index < -0.39 is 0 Å². The third-order valence-electron chi connectivity index (χ3n) is 3.36. The Morgan fingerprint density at radius 3 is 2.41 bits per heavy atom. The monoisotopic (exact) mass is 235 g/mol. The van der Waals surface area contributed by atoms with Crippen LogP contribution in [0.2, 0.25) is 0 Å². The Kier molecular flexibility index (Phi) is 6.23. The Bertz CT molecular complexity index is 307. The van der Waals surface area contributed by atoms with E-state index in [0.717, 1.165) is 19.4 Å². The molecule has 96 valence electrons. The van der Waals surface area contributed by atoms with E-state index in [1.54, 1.807) is 7.11 Å². The van der Waals surface area contributed by atoms with E-state index in [4.69, 9.17) is 10.5 Å². The normalized spacial score (nSPS) is 14.6. The van der Waals surface area contributed by atoms with Gasteiger partial charge in [0.25, 0.3) is 0 Å². The first-order valence-corrected chi connectivity index (χ1v) is 6.50. The average molecular weight is 235 g/mol. The van der Waals surface area contributed by atoms with Gasteiger partial charge in [0.2, 0.25) is 0 Å². The van der Waals surface area contributed by atoms with Gasteiger partial charge in [-0.2, -0.15) is 0 Å². The summed E-state index contributed by atoms with van der Waals surface area (Å²) in [6.07, 6.45) is 3.23. The summed E-state index contributed by atoms with van der Waals surface area (Å²) in [5, 5.41) is 0. The van der Waals surface area contributed by atoms with Crippen molar-refractivity contribution in [3.05, 3.63) is 35.4 Å². The second-order valence-corrected chi connectivity index (χ2v) is 4.84. The summed E-state index contributed by atoms with van der Waals surface area (Å²) in [4.78, 5) is 0. The molecule has 17 heavy (non-hydrogen) atoms. The smallest absolute Gasteiger partial charge is 0.0502 e. The number of nitrogens with two attached hydrogens (primary N) is 1. The molecule has 1 aromatic carbocycles. The van der Waals surface area contributed by atoms with Gasteiger partial charge in [0.15, 0.2) is 0 Å². The molecule has 0 bridgehead atoms. The number of hydrogen-bond donors (Lipinski definition) is 1. The molecule has 0 spiro atoms. The van der Waals surface area contributed by atoms with Gasteiger partial charge in [0.1, 0.15) is 0 Å². The van der Waals surface area contributed by atoms with E-state index in [1.165, 1.54) is 17.5 Å². The van der Waals surface area contributed by atoms with Crippen LogP contribution in [0.3, 0.4) is 0 Å². The molecule has 2 N–H and O–H groups in total. The van der Waals surface area contributed by atoms with Gasteiger partial charge >= 0.3 is 0 Å². The lowest BCUT2D eigenvalue weighted by molar-refractivity contribution is 0.202. The van der Waals surface area contributed by atoms with Crippen LogP contribution in [-0.2, 0) is 11.2 Å². The fourth-order valence-electron chi connectivity index (χ4n) is 1.89. The summed E-state index contributed by atoms with van der Waals surface area (Å²) in [5.41, 5.74) is 8.75. The lowest BCUT2D eigenvalue weighted by atomic mass is 9.94. The lowest BCUT2D eigenvalue weighted by Gasteiger charge is -2.16. The van der Waals surface area contributed by atoms with Crippen molar-refractivity contribution in [1.29, 1.82) is 0 Å². The molecule has 1 aromatic rings. The maximum Gasteiger partial charge on any atom is 0.0502 e. The van der Waals surface area contributed by atoms with Gasteiger partial charge in [-0.1, -0.05) is 44.5 Å². The Balaban J connectivity index is 2.54. The van der Waals surface area contributed by atoms with Gasteiger partial charge in [0, 0.05) is 13.2 Å². The fourth-order valence-corrected chi connectivity index (χ4v) is 1.89. The minimum atomic E-state index is 0.168. The number of methoxy groups -OCH3 is 1. The predicted molar refractivity (Wildman–Crippen MR) is 73.0 cm³/mol. The Morgan fingerprint density at radius 1 is 1.24 bits per heavy atom. The topological polar surface area (TPSA) is 35.2 Å². The van der Waals surface area contributed by atoms with E-state index in [-0.39, 0.29) is 6.04 Å². The van der Waals surface area contributed by atoms with Crippen molar-refractivity contribution >= 4 is 0 Å². The number of ether oxygens (including phenoxy) is 1. The number of hydrogen-bond acceptors (Lipinski definition) is 2. The summed E-state index contributed by atoms with van der Waals surface area (Å²) < 4.78 is 5.07. The van der Waals surface area contributed by atoms with Gasteiger partial charge in [-0.25, -0.2) is 0 Å². The third kappa shape index (κ3) is 4.88. The van der Waals surface area contributed by atoms with Crippen molar-refractivity contribution in [3.63, 3.8) is 0 Å². The summed E-state index contributed by atoms with van der Waals surface area (Å²) in [7, 11) is 1.73. The summed E-state index contributed by atoms with van der Waals surface area (Å²) >= 11 is 0. The molecule has 2 atom stereocenters. The zero-order chi connectivity index (χ0) is 12.7. The van der Waals surface area contributed by atoms with Gasteiger partial charge in [-0.15, -0.1) is 0 Å². The van der Waals surface area contributed by atoms with Crippen molar-refractivity contribution in [2.24, 2.45) is 11.7 Å². The standard InChI is InChI=1S/C15H25NO/c1-4-12(2)11-15(16)14-7-5-13(6-8-14)9-10-17-3/h5-8,12,15H,4,9-11,16H2,1-3H3. The maximum absolute atomic E-state index is 6.20. The Labute approximate surface area is 105 Å². The molecule has 1 rings (SSSR count). The minimum absolute atomic E-state index is 0.168. The van der Waals surface area contributed by atoms with Crippen molar-refractivity contribution in [2.45, 2.75) is 39.2 Å². The molecule has 0 heterocycles. The molecule has 0 saturated heterocycles. The molecule has 0 aromatic heterocycles. The first-order chi connectivity index (χ1) is 8.17. The summed E-state index contributed by atoms with van der Waals surface area (Å²) in [6, 6.07) is 8.78. The van der Waals surface area contributed by atoms with Crippen LogP contribution < -0.4 is 5.73 Å². The van der Waals surface area contributed by atoms with E-state index in [9.17, 15) is 0 Å². The van der Waals surface area contributed by atoms with Crippen LogP contribution in [0.5, 0.6) is 0 Å². The van der Waals surface area contributed by atoms with Crippen LogP contribution in [-0.4, -0.2) is 13.7 Å². The fraction of sp³-hybridized carbons (Fsp3) is 0.600. The van der Waals surface area contributed by atoms with Crippen LogP contribution in [0.4, 0.5) is 0 Å². The Hall–Kier alpha value is -0.860. The molecular formula is C15H25NO. The van der Waals surface area contributed by atoms with E-state index >= 15 is 0 Å². The van der Waals surface area contributed by atoms with Crippen molar-refractivity contribution in [3.8, 4) is 0 Å². The highest BCUT2D eigenvalue weighted by Gasteiger charge is 2.09. The number of benzene rings is 1. The molecular weight excluding hydrogens is 210 g/mol. The van der Waals surface area contributed by atoms with E-state index in [1.807, 2.05) is 0 Å². The SMILES string of the molecule is CCC(C)CC(N)c1ccc(CCOC)cc1. The minimum Gasteiger partial charge on any atom is -0.384 e. The quantitative estimate of drug-likeness (QED) is 0.787. The number of rotatable bonds is 7. The van der Waals surface area contributed by atoms with Crippen LogP contribution >= 0.6 is 0 Å². The van der Waals surface area contributed by atoms with Crippen molar-refractivity contribution in [2.75, 3.05) is 13.7 Å². The average Bonchev–Trinajstić information content (AvgIpc) is 2.36. The largest absolute Gasteiger partial charge is 0.384 e. The second-order valence-electron chi connectivity index (χ2n) is 4.84. The molecule has 0 aliphatic rings. The van der Waals surface area contributed by atoms with Crippen LogP contribution in [0, 0.1) is 5.92 Å². The Morgan fingerprint density at radius 2 is 1.88 bits per heavy atom. The highest BCUT2D eigenvalue weighted by atomic mass is 16.5. The third-order valence-corrected chi connectivity index (χ3v) is 3.36. The van der Waals surface area contributed by atoms with Crippen LogP contribution in [0.25, 0.3) is 0 Å². The lowest BCUT2D eigenvalue weighted by Crippen LogP contribution is -2.13. The molecule has 0 amide bonds. The molecule has 0 aliphatic heterocycles. The zero-order valence-corrected chi connectivity index (χ0v) is 11.3. The molecule has 0 aliphatic carbocycles. The molecule has 0 saturated carbocycles. The molecule has 2 heteroatoms. The van der Waals surface area contributed by atoms with Gasteiger partial charge in [-0.05, 0) is 29.9 Å². The molecule has 0 fully saturated rings. The van der Waals surface area contributed by atoms with Crippen LogP contribution in [0.1, 0.15) is 43.9 Å². The van der Waals surface area contributed by atoms with Gasteiger partial charge in [-0.3, -0.25) is 0 Å². The zero-order valence-electron chi connectivity index (χ0n) is 11.3. The van der Waals surface area contributed by atoms with Crippen LogP contribution in [0.15, 0.2) is 24.3 Å². The molecule has 2 nitrogen and oxygen atoms in total. The van der Waals surface area contributed by atoms with Gasteiger partial charge in [0.05, 0.1) is 6.61 Å². The van der Waals surface area contributed by atoms with E-state index in [2.05, 4.69) is 38.1 Å². The van der Waals surface area contributed by atoms with Gasteiger partial charge < -0.3 is 10.5 Å². The molecule has 0 radical (unpaired) electrons. The van der Waals surface area contributed by atoms with Crippen molar-refractivity contribution < 1.29 is 4.74 Å². The first kappa shape index (κ1) is 14.2. The molecule has 2 unspecified atom stereocenters. The summed E-state index contributed by atoms with van der Waals surface area (Å²) in [6.45, 7) is 5.25. The highest BCUT2D eigenvalue weighted by molar-refractivity contribution is 5.25. The highest BCUT2D eigenvalue weighted by Crippen LogP contribution is 2.21. The first-order valence-electron chi connectivity index (χ1n) is 6.50. The second kappa shape index (κ2) is 7.46. The maximum atomic E-state index is 6.20. The van der Waals surface area contributed by atoms with E-state index in [0.29, 0.717) is 5.92 Å². The predicted octanol–water partition coefficient (Wildman–Crippen LogP) is 3.31.